The molecule has 4 aromatic rings. The maximum absolute atomic E-state index is 13.1. The molecule has 0 aliphatic carbocycles. The predicted octanol–water partition coefficient (Wildman–Crippen LogP) is 5.01. The van der Waals surface area contributed by atoms with E-state index >= 15 is 0 Å². The first kappa shape index (κ1) is 37.0. The topological polar surface area (TPSA) is 168 Å². The zero-order valence-electron chi connectivity index (χ0n) is 28.3. The standard InChI is InChI=1S/C38H38N4O8S2/c1-2-23-7-13-29(39-19-23)31(43)21-49-28-11-5-25(6-12-28)18-34-36(46)42(38(48)52-34)16-15-26-8-14-30(40-20-26)32(44)22-50-27-9-3-24(4-10-27)17-33-35(45)41-37(47)51-33/h3-14,19-20,31-34,43-44H,2,15-18,21-22H2,1H3,(H,41,45,47)/t31-,32+,33?,34?/m0/s1. The summed E-state index contributed by atoms with van der Waals surface area (Å²) in [7, 11) is 0. The number of benzene rings is 2. The number of thioether (sulfide) groups is 2. The van der Waals surface area contributed by atoms with Gasteiger partial charge in [0, 0.05) is 18.9 Å². The van der Waals surface area contributed by atoms with Crippen molar-refractivity contribution in [2.24, 2.45) is 0 Å². The lowest BCUT2D eigenvalue weighted by molar-refractivity contribution is -0.126. The number of amides is 4. The second-order valence-corrected chi connectivity index (χ2v) is 14.7. The molecular formula is C38H38N4O8S2. The Balaban J connectivity index is 0.919. The van der Waals surface area contributed by atoms with Crippen LogP contribution in [0.1, 0.15) is 52.8 Å². The first-order valence-electron chi connectivity index (χ1n) is 16.9. The number of nitrogens with zero attached hydrogens (tertiary/aromatic N) is 3. The molecule has 4 atom stereocenters. The van der Waals surface area contributed by atoms with E-state index in [0.29, 0.717) is 42.1 Å². The molecular weight excluding hydrogens is 705 g/mol. The fourth-order valence-corrected chi connectivity index (χ4v) is 7.53. The number of imide groups is 2. The van der Waals surface area contributed by atoms with Crippen LogP contribution in [0.25, 0.3) is 0 Å². The maximum atomic E-state index is 13.1. The highest BCUT2D eigenvalue weighted by Crippen LogP contribution is 2.31. The van der Waals surface area contributed by atoms with Crippen LogP contribution in [-0.4, -0.2) is 77.6 Å². The van der Waals surface area contributed by atoms with Crippen molar-refractivity contribution in [3.63, 3.8) is 0 Å². The molecule has 3 N–H and O–H groups in total. The Bertz CT molecular complexity index is 1880. The molecule has 270 valence electrons. The largest absolute Gasteiger partial charge is 0.490 e. The molecule has 2 unspecified atom stereocenters. The van der Waals surface area contributed by atoms with E-state index in [4.69, 9.17) is 9.47 Å². The van der Waals surface area contributed by atoms with Crippen molar-refractivity contribution in [1.82, 2.24) is 20.2 Å². The number of aryl methyl sites for hydroxylation is 1. The average Bonchev–Trinajstić information content (AvgIpc) is 3.62. The van der Waals surface area contributed by atoms with Gasteiger partial charge >= 0.3 is 0 Å². The van der Waals surface area contributed by atoms with Crippen molar-refractivity contribution in [2.45, 2.75) is 55.3 Å². The van der Waals surface area contributed by atoms with Crippen LogP contribution in [0.15, 0.2) is 85.2 Å². The zero-order chi connectivity index (χ0) is 36.6. The van der Waals surface area contributed by atoms with Crippen LogP contribution >= 0.6 is 23.5 Å². The SMILES string of the molecule is CCc1ccc([C@@H](O)COc2ccc(CC3SC(=O)N(CCc4ccc([C@H](O)COc5ccc(CC6SC(=O)NC6=O)cc5)nc4)C3=O)cc2)nc1. The first-order valence-corrected chi connectivity index (χ1v) is 18.6. The fraction of sp³-hybridized carbons (Fsp3) is 0.316. The van der Waals surface area contributed by atoms with Crippen LogP contribution in [0.4, 0.5) is 9.59 Å². The summed E-state index contributed by atoms with van der Waals surface area (Å²) in [5.41, 5.74) is 4.64. The van der Waals surface area contributed by atoms with Crippen LogP contribution in [0.3, 0.4) is 0 Å². The van der Waals surface area contributed by atoms with Crippen LogP contribution in [0.2, 0.25) is 0 Å². The van der Waals surface area contributed by atoms with Crippen molar-refractivity contribution in [1.29, 1.82) is 0 Å². The van der Waals surface area contributed by atoms with Crippen LogP contribution in [-0.2, 0) is 35.3 Å². The summed E-state index contributed by atoms with van der Waals surface area (Å²) in [4.78, 5) is 59.0. The molecule has 2 aromatic heterocycles. The van der Waals surface area contributed by atoms with E-state index in [2.05, 4.69) is 15.3 Å². The molecule has 2 aromatic carbocycles. The smallest absolute Gasteiger partial charge is 0.289 e. The summed E-state index contributed by atoms with van der Waals surface area (Å²) in [6.07, 6.45) is 3.63. The minimum Gasteiger partial charge on any atom is -0.490 e. The minimum absolute atomic E-state index is 0.0266. The van der Waals surface area contributed by atoms with Crippen LogP contribution < -0.4 is 14.8 Å². The molecule has 2 aliphatic rings. The Morgan fingerprint density at radius 1 is 0.712 bits per heavy atom. The molecule has 6 rings (SSSR count). The van der Waals surface area contributed by atoms with Gasteiger partial charge < -0.3 is 19.7 Å². The highest BCUT2D eigenvalue weighted by atomic mass is 32.2. The number of hydrogen-bond acceptors (Lipinski definition) is 12. The van der Waals surface area contributed by atoms with Gasteiger partial charge in [-0.05, 0) is 84.3 Å². The molecule has 0 spiro atoms. The van der Waals surface area contributed by atoms with Gasteiger partial charge in [0.25, 0.3) is 10.5 Å². The summed E-state index contributed by atoms with van der Waals surface area (Å²) in [6, 6.07) is 21.6. The molecule has 4 heterocycles. The number of nitrogens with one attached hydrogen (secondary N) is 1. The quantitative estimate of drug-likeness (QED) is 0.141. The van der Waals surface area contributed by atoms with Crippen molar-refractivity contribution < 1.29 is 38.9 Å². The van der Waals surface area contributed by atoms with Crippen molar-refractivity contribution in [3.05, 3.63) is 119 Å². The predicted molar refractivity (Wildman–Crippen MR) is 196 cm³/mol. The highest BCUT2D eigenvalue weighted by molar-refractivity contribution is 8.15. The van der Waals surface area contributed by atoms with E-state index < -0.39 is 22.7 Å². The van der Waals surface area contributed by atoms with Gasteiger partial charge in [0.15, 0.2) is 0 Å². The summed E-state index contributed by atoms with van der Waals surface area (Å²) >= 11 is 2.01. The normalized spacial score (nSPS) is 18.4. The van der Waals surface area contributed by atoms with Gasteiger partial charge in [0.05, 0.1) is 21.9 Å². The fourth-order valence-electron chi connectivity index (χ4n) is 5.61. The summed E-state index contributed by atoms with van der Waals surface area (Å²) in [5, 5.41) is 21.7. The zero-order valence-corrected chi connectivity index (χ0v) is 30.0. The summed E-state index contributed by atoms with van der Waals surface area (Å²) < 4.78 is 11.5. The van der Waals surface area contributed by atoms with E-state index in [-0.39, 0.29) is 42.1 Å². The monoisotopic (exact) mass is 742 g/mol. The molecule has 12 nitrogen and oxygen atoms in total. The van der Waals surface area contributed by atoms with E-state index in [1.165, 1.54) is 4.90 Å². The Hall–Kier alpha value is -4.76. The number of carbonyl (C=O) groups excluding carboxylic acids is 4. The third-order valence-corrected chi connectivity index (χ3v) is 10.7. The van der Waals surface area contributed by atoms with Crippen molar-refractivity contribution in [3.8, 4) is 11.5 Å². The van der Waals surface area contributed by atoms with Gasteiger partial charge in [-0.25, -0.2) is 0 Å². The maximum Gasteiger partial charge on any atom is 0.289 e. The number of hydrogen-bond donors (Lipinski definition) is 3. The lowest BCUT2D eigenvalue weighted by Crippen LogP contribution is -2.33. The number of rotatable bonds is 16. The van der Waals surface area contributed by atoms with Crippen molar-refractivity contribution >= 4 is 45.8 Å². The molecule has 2 aliphatic heterocycles. The van der Waals surface area contributed by atoms with Crippen LogP contribution in [0.5, 0.6) is 11.5 Å². The summed E-state index contributed by atoms with van der Waals surface area (Å²) in [6.45, 7) is 2.29. The summed E-state index contributed by atoms with van der Waals surface area (Å²) in [5.74, 6) is 0.600. The van der Waals surface area contributed by atoms with E-state index in [1.807, 2.05) is 37.3 Å². The van der Waals surface area contributed by atoms with Gasteiger partial charge in [-0.3, -0.25) is 39.4 Å². The van der Waals surface area contributed by atoms with E-state index in [9.17, 15) is 29.4 Å². The molecule has 2 fully saturated rings. The Kier molecular flexibility index (Phi) is 12.2. The van der Waals surface area contributed by atoms with Gasteiger partial charge in [-0.2, -0.15) is 0 Å². The van der Waals surface area contributed by atoms with Gasteiger partial charge in [0.1, 0.15) is 36.9 Å². The molecule has 52 heavy (non-hydrogen) atoms. The van der Waals surface area contributed by atoms with Crippen LogP contribution in [0, 0.1) is 0 Å². The van der Waals surface area contributed by atoms with Gasteiger partial charge in [-0.1, -0.05) is 66.8 Å². The second-order valence-electron chi connectivity index (χ2n) is 12.4. The van der Waals surface area contributed by atoms with E-state index in [1.54, 1.807) is 54.9 Å². The van der Waals surface area contributed by atoms with E-state index in [0.717, 1.165) is 52.2 Å². The second kappa shape index (κ2) is 17.2. The number of aromatic nitrogens is 2. The third-order valence-electron chi connectivity index (χ3n) is 8.69. The Labute approximate surface area is 309 Å². The third kappa shape index (κ3) is 9.56. The molecule has 2 saturated heterocycles. The number of aliphatic hydroxyl groups excluding tert-OH is 2. The Morgan fingerprint density at radius 2 is 1.23 bits per heavy atom. The molecule has 0 radical (unpaired) electrons. The first-order chi connectivity index (χ1) is 25.1. The number of ether oxygens (including phenoxy) is 2. The van der Waals surface area contributed by atoms with Crippen molar-refractivity contribution in [2.75, 3.05) is 19.8 Å². The minimum atomic E-state index is -0.981. The molecule has 0 saturated carbocycles. The Morgan fingerprint density at radius 3 is 1.71 bits per heavy atom. The lowest BCUT2D eigenvalue weighted by Gasteiger charge is -2.15. The van der Waals surface area contributed by atoms with Gasteiger partial charge in [0.2, 0.25) is 11.8 Å². The number of carbonyl (C=O) groups is 4. The molecule has 14 heteroatoms. The highest BCUT2D eigenvalue weighted by Gasteiger charge is 2.39. The van der Waals surface area contributed by atoms with Gasteiger partial charge in [-0.15, -0.1) is 0 Å². The molecule has 4 amide bonds. The number of aliphatic hydroxyl groups is 2. The lowest BCUT2D eigenvalue weighted by atomic mass is 10.1. The molecule has 0 bridgehead atoms. The number of pyridine rings is 2. The average molecular weight is 743 g/mol.